The first-order valence-electron chi connectivity index (χ1n) is 19.7. The van der Waals surface area contributed by atoms with Crippen molar-refractivity contribution in [1.29, 1.82) is 0 Å². The summed E-state index contributed by atoms with van der Waals surface area (Å²) in [5.74, 6) is 4.99. The van der Waals surface area contributed by atoms with E-state index in [1.54, 1.807) is 24.9 Å². The molecule has 5 aromatic rings. The molecular formula is C46H49N4O6S2+. The van der Waals surface area contributed by atoms with Crippen LogP contribution in [0.3, 0.4) is 0 Å². The second kappa shape index (κ2) is 15.7. The zero-order valence-corrected chi connectivity index (χ0v) is 35.0. The van der Waals surface area contributed by atoms with Crippen molar-refractivity contribution in [2.24, 2.45) is 5.92 Å². The molecule has 1 fully saturated rings. The molecule has 0 bridgehead atoms. The lowest BCUT2D eigenvalue weighted by atomic mass is 9.94. The molecule has 10 nitrogen and oxygen atoms in total. The molecule has 0 radical (unpaired) electrons. The minimum atomic E-state index is -0.776. The third-order valence-electron chi connectivity index (χ3n) is 11.4. The van der Waals surface area contributed by atoms with Crippen LogP contribution in [-0.4, -0.2) is 62.9 Å². The summed E-state index contributed by atoms with van der Waals surface area (Å²) in [5, 5.41) is 15.8. The molecule has 4 aliphatic rings. The van der Waals surface area contributed by atoms with E-state index in [2.05, 4.69) is 79.2 Å². The van der Waals surface area contributed by atoms with Crippen LogP contribution in [0.4, 0.5) is 5.69 Å². The van der Waals surface area contributed by atoms with E-state index in [0.717, 1.165) is 63.7 Å². The highest BCUT2D eigenvalue weighted by Gasteiger charge is 2.45. The zero-order valence-electron chi connectivity index (χ0n) is 33.2. The third kappa shape index (κ3) is 7.47. The number of hydrogen-bond donors (Lipinski definition) is 2. The number of methoxy groups -OCH3 is 2. The van der Waals surface area contributed by atoms with Gasteiger partial charge in [0.25, 0.3) is 5.56 Å². The number of hydrogen-bond acceptors (Lipinski definition) is 10. The lowest BCUT2D eigenvalue weighted by Crippen LogP contribution is -2.40. The molecule has 1 aromatic heterocycles. The van der Waals surface area contributed by atoms with E-state index in [4.69, 9.17) is 23.9 Å². The lowest BCUT2D eigenvalue weighted by molar-refractivity contribution is -0.0189. The maximum Gasteiger partial charge on any atom is 0.266 e. The number of ether oxygens (including phenoxy) is 4. The summed E-state index contributed by atoms with van der Waals surface area (Å²) in [6.07, 6.45) is 9.44. The summed E-state index contributed by atoms with van der Waals surface area (Å²) in [4.78, 5) is 20.9. The van der Waals surface area contributed by atoms with Crippen molar-refractivity contribution in [1.82, 2.24) is 14.5 Å². The highest BCUT2D eigenvalue weighted by molar-refractivity contribution is 7.99. The van der Waals surface area contributed by atoms with E-state index in [1.165, 1.54) is 0 Å². The van der Waals surface area contributed by atoms with Gasteiger partial charge in [-0.15, -0.1) is 0 Å². The molecule has 1 aliphatic carbocycles. The third-order valence-corrected chi connectivity index (χ3v) is 13.3. The Morgan fingerprint density at radius 1 is 0.914 bits per heavy atom. The van der Waals surface area contributed by atoms with E-state index < -0.39 is 6.23 Å². The lowest BCUT2D eigenvalue weighted by Gasteiger charge is -2.32. The molecule has 12 heteroatoms. The highest BCUT2D eigenvalue weighted by atomic mass is 32.2. The number of aromatic nitrogens is 2. The Bertz CT molecular complexity index is 2510. The molecule has 3 aliphatic heterocycles. The van der Waals surface area contributed by atoms with E-state index in [9.17, 15) is 9.90 Å². The number of fused-ring (bicyclic) bond motifs is 8. The molecule has 9 rings (SSSR count). The van der Waals surface area contributed by atoms with Crippen molar-refractivity contribution in [2.75, 3.05) is 31.8 Å². The van der Waals surface area contributed by atoms with Gasteiger partial charge in [0.1, 0.15) is 30.0 Å². The van der Waals surface area contributed by atoms with Gasteiger partial charge in [0.15, 0.2) is 23.0 Å². The van der Waals surface area contributed by atoms with Crippen LogP contribution in [0.2, 0.25) is 0 Å². The largest absolute Gasteiger partial charge is 0.493 e. The number of nitrogens with one attached hydrogen (secondary N) is 1. The van der Waals surface area contributed by atoms with Gasteiger partial charge >= 0.3 is 0 Å². The second-order valence-corrected chi connectivity index (χ2v) is 18.6. The fourth-order valence-corrected chi connectivity index (χ4v) is 10.1. The molecule has 4 aromatic carbocycles. The standard InChI is InChI=1S/C46H48N4O6S2/c1-46(2,57)26-58-25-29-14-27(23-55-41-20-35-33(18-39(41)53-3)44(51)49-32(22-47-35)16-30-9-5-7-11-37(30)49)13-28(15-29)24-56-42-21-36-34(19-40(42)54-4)45(52)50-38-12-8-6-10-31(38)17-43(50)48-36/h5-15,18-21,30,32,37,44,47,51,57H,16-17,22-26H2,1-4H3/p+1/t30?,32-,37?,44?/m0/s1. The van der Waals surface area contributed by atoms with Crippen LogP contribution in [0.15, 0.2) is 95.8 Å². The number of anilines is 1. The fourth-order valence-electron chi connectivity index (χ4n) is 8.78. The van der Waals surface area contributed by atoms with Gasteiger partial charge in [-0.05, 0) is 85.3 Å². The maximum atomic E-state index is 13.7. The van der Waals surface area contributed by atoms with Crippen molar-refractivity contribution in [3.05, 3.63) is 135 Å². The molecule has 0 amide bonds. The molecule has 3 unspecified atom stereocenters. The predicted molar refractivity (Wildman–Crippen MR) is 234 cm³/mol. The molecule has 2 N–H and O–H groups in total. The van der Waals surface area contributed by atoms with Gasteiger partial charge in [-0.3, -0.25) is 14.3 Å². The summed E-state index contributed by atoms with van der Waals surface area (Å²) >= 11 is 5.69. The van der Waals surface area contributed by atoms with Gasteiger partial charge in [0, 0.05) is 59.9 Å². The average Bonchev–Trinajstić information content (AvgIpc) is 3.74. The maximum absolute atomic E-state index is 13.7. The minimum Gasteiger partial charge on any atom is -0.493 e. The number of aliphatic hydroxyl groups excluding tert-OH is 1. The number of nitrogens with zero attached hydrogens (tertiary/aromatic N) is 3. The minimum absolute atomic E-state index is 0.00832. The Kier molecular flexibility index (Phi) is 10.5. The zero-order chi connectivity index (χ0) is 40.1. The van der Waals surface area contributed by atoms with Gasteiger partial charge in [-0.25, -0.2) is 4.98 Å². The fraction of sp³-hybridized carbons (Fsp3) is 0.348. The number of thioether (sulfide) groups is 1. The molecule has 4 heterocycles. The smallest absolute Gasteiger partial charge is 0.266 e. The number of allylic oxidation sites excluding steroid dienone is 2. The van der Waals surface area contributed by atoms with Crippen LogP contribution >= 0.6 is 11.8 Å². The number of para-hydroxylation sites is 1. The molecule has 58 heavy (non-hydrogen) atoms. The Balaban J connectivity index is 0.968. The van der Waals surface area contributed by atoms with Crippen LogP contribution in [0.25, 0.3) is 16.6 Å². The Labute approximate surface area is 348 Å². The summed E-state index contributed by atoms with van der Waals surface area (Å²) in [6.45, 7) is 5.62. The van der Waals surface area contributed by atoms with Crippen LogP contribution in [0, 0.1) is 5.92 Å². The van der Waals surface area contributed by atoms with E-state index >= 15 is 0 Å². The Morgan fingerprint density at radius 3 is 2.38 bits per heavy atom. The van der Waals surface area contributed by atoms with Crippen LogP contribution in [-0.2, 0) is 38.0 Å². The topological polar surface area (TPSA) is 107 Å². The molecule has 300 valence electrons. The van der Waals surface area contributed by atoms with Crippen LogP contribution in [0.1, 0.15) is 60.1 Å². The molecule has 0 saturated carbocycles. The van der Waals surface area contributed by atoms with Crippen LogP contribution < -0.4 is 29.8 Å². The average molecular weight is 818 g/mol. The van der Waals surface area contributed by atoms with Crippen molar-refractivity contribution in [3.63, 3.8) is 0 Å². The van der Waals surface area contributed by atoms with Gasteiger partial charge in [-0.1, -0.05) is 54.6 Å². The number of aliphatic hydroxyl groups is 1. The van der Waals surface area contributed by atoms with Gasteiger partial charge in [0.2, 0.25) is 0 Å². The quantitative estimate of drug-likeness (QED) is 0.124. The van der Waals surface area contributed by atoms with Gasteiger partial charge in [0.05, 0.1) is 30.8 Å². The summed E-state index contributed by atoms with van der Waals surface area (Å²) < 4.78 is 26.3. The molecule has 1 saturated heterocycles. The first-order valence-corrected chi connectivity index (χ1v) is 21.4. The van der Waals surface area contributed by atoms with E-state index in [-0.39, 0.29) is 29.0 Å². The SMILES string of the molecule is COc1cc2c(cc1OCc1cc(COc3cc4nc5n(c(=O)c4cc3OC)-c3ccccc3C5)cc(CSCC(C)(C)[SH2+])c1)NC[C@@H]1CC3C=CC=CC3N1C2O. The molecule has 0 spiro atoms. The van der Waals surface area contributed by atoms with Crippen molar-refractivity contribution >= 4 is 41.0 Å². The molecular weight excluding hydrogens is 769 g/mol. The highest BCUT2D eigenvalue weighted by Crippen LogP contribution is 2.45. The van der Waals surface area contributed by atoms with Crippen LogP contribution in [0.5, 0.6) is 23.0 Å². The first kappa shape index (κ1) is 38.6. The monoisotopic (exact) mass is 817 g/mol. The Morgan fingerprint density at radius 2 is 1.62 bits per heavy atom. The van der Waals surface area contributed by atoms with Crippen molar-refractivity contribution in [2.45, 2.75) is 68.7 Å². The predicted octanol–water partition coefficient (Wildman–Crippen LogP) is 7.09. The summed E-state index contributed by atoms with van der Waals surface area (Å²) in [5.41, 5.74) is 7.13. The number of benzene rings is 4. The van der Waals surface area contributed by atoms with E-state index in [1.807, 2.05) is 54.2 Å². The van der Waals surface area contributed by atoms with Crippen molar-refractivity contribution in [3.8, 4) is 28.7 Å². The summed E-state index contributed by atoms with van der Waals surface area (Å²) in [7, 11) is 3.21. The van der Waals surface area contributed by atoms with Gasteiger partial charge in [-0.2, -0.15) is 11.8 Å². The van der Waals surface area contributed by atoms with Gasteiger partial charge < -0.3 is 29.4 Å². The number of rotatable bonds is 12. The second-order valence-electron chi connectivity index (χ2n) is 16.2. The first-order chi connectivity index (χ1) is 28.1. The Hall–Kier alpha value is -4.88. The van der Waals surface area contributed by atoms with E-state index in [0.29, 0.717) is 58.7 Å². The summed E-state index contributed by atoms with van der Waals surface area (Å²) in [6, 6.07) is 22.1. The molecule has 4 atom stereocenters. The van der Waals surface area contributed by atoms with Crippen molar-refractivity contribution < 1.29 is 24.1 Å². The normalized spacial score (nSPS) is 20.4.